The summed E-state index contributed by atoms with van der Waals surface area (Å²) in [5.74, 6) is 0.613. The molecule has 0 fully saturated rings. The van der Waals surface area contributed by atoms with Gasteiger partial charge in [0.05, 0.1) is 7.11 Å². The van der Waals surface area contributed by atoms with Crippen molar-refractivity contribution in [3.05, 3.63) is 29.8 Å². The highest BCUT2D eigenvalue weighted by Crippen LogP contribution is 2.16. The van der Waals surface area contributed by atoms with Crippen LogP contribution in [-0.2, 0) is 16.1 Å². The van der Waals surface area contributed by atoms with Crippen LogP contribution in [0.1, 0.15) is 12.5 Å². The van der Waals surface area contributed by atoms with Gasteiger partial charge in [-0.05, 0) is 6.07 Å². The van der Waals surface area contributed by atoms with Gasteiger partial charge in [0.2, 0.25) is 0 Å². The zero-order chi connectivity index (χ0) is 11.8. The average Bonchev–Trinajstić information content (AvgIpc) is 2.29. The van der Waals surface area contributed by atoms with Crippen molar-refractivity contribution in [2.75, 3.05) is 20.3 Å². The van der Waals surface area contributed by atoms with Gasteiger partial charge in [0.15, 0.2) is 0 Å². The number of ether oxygens (including phenoxy) is 2. The topological polar surface area (TPSA) is 47.6 Å². The molecular weight excluding hydrogens is 206 g/mol. The van der Waals surface area contributed by atoms with Crippen LogP contribution in [0.15, 0.2) is 24.3 Å². The SMILES string of the molecule is COc1ccccc1CNCCOC(C)=O. The Bertz CT molecular complexity index is 339. The Balaban J connectivity index is 2.28. The van der Waals surface area contributed by atoms with Gasteiger partial charge in [-0.3, -0.25) is 4.79 Å². The maximum atomic E-state index is 10.5. The van der Waals surface area contributed by atoms with Crippen molar-refractivity contribution in [2.45, 2.75) is 13.5 Å². The van der Waals surface area contributed by atoms with Crippen LogP contribution >= 0.6 is 0 Å². The maximum absolute atomic E-state index is 10.5. The van der Waals surface area contributed by atoms with Gasteiger partial charge in [-0.15, -0.1) is 0 Å². The Hall–Kier alpha value is -1.55. The van der Waals surface area contributed by atoms with Gasteiger partial charge in [-0.25, -0.2) is 0 Å². The monoisotopic (exact) mass is 223 g/mol. The first-order chi connectivity index (χ1) is 7.74. The summed E-state index contributed by atoms with van der Waals surface area (Å²) < 4.78 is 10.0. The van der Waals surface area contributed by atoms with E-state index in [-0.39, 0.29) is 5.97 Å². The molecule has 0 saturated carbocycles. The molecule has 0 aliphatic heterocycles. The Morgan fingerprint density at radius 3 is 2.81 bits per heavy atom. The molecule has 4 heteroatoms. The lowest BCUT2D eigenvalue weighted by Crippen LogP contribution is -2.20. The molecule has 1 aromatic rings. The number of benzene rings is 1. The lowest BCUT2D eigenvalue weighted by molar-refractivity contribution is -0.140. The number of rotatable bonds is 6. The van der Waals surface area contributed by atoms with Crippen molar-refractivity contribution in [3.63, 3.8) is 0 Å². The summed E-state index contributed by atoms with van der Waals surface area (Å²) in [7, 11) is 1.65. The highest BCUT2D eigenvalue weighted by atomic mass is 16.5. The fraction of sp³-hybridized carbons (Fsp3) is 0.417. The number of esters is 1. The molecule has 88 valence electrons. The van der Waals surface area contributed by atoms with E-state index < -0.39 is 0 Å². The normalized spacial score (nSPS) is 9.88. The molecule has 0 radical (unpaired) electrons. The Morgan fingerprint density at radius 1 is 1.38 bits per heavy atom. The second kappa shape index (κ2) is 6.85. The summed E-state index contributed by atoms with van der Waals surface area (Å²) in [6, 6.07) is 7.81. The fourth-order valence-electron chi connectivity index (χ4n) is 1.34. The first kappa shape index (κ1) is 12.5. The average molecular weight is 223 g/mol. The largest absolute Gasteiger partial charge is 0.496 e. The number of methoxy groups -OCH3 is 1. The molecule has 0 heterocycles. The van der Waals surface area contributed by atoms with Crippen LogP contribution in [0.2, 0.25) is 0 Å². The molecule has 1 rings (SSSR count). The lowest BCUT2D eigenvalue weighted by Gasteiger charge is -2.09. The molecule has 16 heavy (non-hydrogen) atoms. The van der Waals surface area contributed by atoms with Crippen molar-refractivity contribution in [1.82, 2.24) is 5.32 Å². The molecule has 0 unspecified atom stereocenters. The minimum Gasteiger partial charge on any atom is -0.496 e. The van der Waals surface area contributed by atoms with Crippen LogP contribution in [-0.4, -0.2) is 26.2 Å². The second-order valence-corrected chi connectivity index (χ2v) is 3.33. The number of hydrogen-bond donors (Lipinski definition) is 1. The zero-order valence-corrected chi connectivity index (χ0v) is 9.66. The molecule has 0 saturated heterocycles. The number of carbonyl (C=O) groups excluding carboxylic acids is 1. The summed E-state index contributed by atoms with van der Waals surface area (Å²) in [5.41, 5.74) is 1.09. The van der Waals surface area contributed by atoms with Crippen molar-refractivity contribution in [1.29, 1.82) is 0 Å². The van der Waals surface area contributed by atoms with E-state index in [1.165, 1.54) is 6.92 Å². The first-order valence-electron chi connectivity index (χ1n) is 5.20. The van der Waals surface area contributed by atoms with E-state index in [4.69, 9.17) is 9.47 Å². The van der Waals surface area contributed by atoms with Crippen LogP contribution < -0.4 is 10.1 Å². The number of hydrogen-bond acceptors (Lipinski definition) is 4. The van der Waals surface area contributed by atoms with E-state index in [1.54, 1.807) is 7.11 Å². The smallest absolute Gasteiger partial charge is 0.302 e. The van der Waals surface area contributed by atoms with Crippen molar-refractivity contribution in [3.8, 4) is 5.75 Å². The van der Waals surface area contributed by atoms with Crippen LogP contribution in [0, 0.1) is 0 Å². The Kier molecular flexibility index (Phi) is 5.36. The van der Waals surface area contributed by atoms with Crippen LogP contribution in [0.25, 0.3) is 0 Å². The van der Waals surface area contributed by atoms with Crippen molar-refractivity contribution < 1.29 is 14.3 Å². The molecule has 4 nitrogen and oxygen atoms in total. The van der Waals surface area contributed by atoms with Crippen molar-refractivity contribution in [2.24, 2.45) is 0 Å². The fourth-order valence-corrected chi connectivity index (χ4v) is 1.34. The molecule has 0 bridgehead atoms. The van der Waals surface area contributed by atoms with E-state index in [9.17, 15) is 4.79 Å². The summed E-state index contributed by atoms with van der Waals surface area (Å²) in [4.78, 5) is 10.5. The van der Waals surface area contributed by atoms with Gasteiger partial charge < -0.3 is 14.8 Å². The molecule has 0 atom stereocenters. The molecule has 0 aromatic heterocycles. The highest BCUT2D eigenvalue weighted by Gasteiger charge is 2.00. The third-order valence-electron chi connectivity index (χ3n) is 2.09. The Morgan fingerprint density at radius 2 is 2.12 bits per heavy atom. The van der Waals surface area contributed by atoms with Crippen molar-refractivity contribution >= 4 is 5.97 Å². The van der Waals surface area contributed by atoms with Crippen LogP contribution in [0.4, 0.5) is 0 Å². The first-order valence-corrected chi connectivity index (χ1v) is 5.20. The number of para-hydroxylation sites is 1. The third-order valence-corrected chi connectivity index (χ3v) is 2.09. The molecule has 0 aliphatic rings. The summed E-state index contributed by atoms with van der Waals surface area (Å²) in [6.45, 7) is 3.13. The van der Waals surface area contributed by atoms with Gasteiger partial charge >= 0.3 is 5.97 Å². The van der Waals surface area contributed by atoms with Crippen LogP contribution in [0.5, 0.6) is 5.75 Å². The minimum atomic E-state index is -0.251. The van der Waals surface area contributed by atoms with Gasteiger partial charge in [-0.1, -0.05) is 18.2 Å². The van der Waals surface area contributed by atoms with E-state index >= 15 is 0 Å². The van der Waals surface area contributed by atoms with Gasteiger partial charge in [0, 0.05) is 25.6 Å². The minimum absolute atomic E-state index is 0.251. The molecule has 1 aromatic carbocycles. The molecular formula is C12H17NO3. The molecule has 0 spiro atoms. The molecule has 1 N–H and O–H groups in total. The van der Waals surface area contributed by atoms with Gasteiger partial charge in [-0.2, -0.15) is 0 Å². The number of nitrogens with one attached hydrogen (secondary N) is 1. The van der Waals surface area contributed by atoms with E-state index in [2.05, 4.69) is 5.32 Å². The predicted molar refractivity (Wildman–Crippen MR) is 61.3 cm³/mol. The summed E-state index contributed by atoms with van der Waals surface area (Å²) in [5, 5.41) is 3.17. The van der Waals surface area contributed by atoms with Gasteiger partial charge in [0.1, 0.15) is 12.4 Å². The standard InChI is InChI=1S/C12H17NO3/c1-10(14)16-8-7-13-9-11-5-3-4-6-12(11)15-2/h3-6,13H,7-9H2,1-2H3. The highest BCUT2D eigenvalue weighted by molar-refractivity contribution is 5.65. The maximum Gasteiger partial charge on any atom is 0.302 e. The van der Waals surface area contributed by atoms with Gasteiger partial charge in [0.25, 0.3) is 0 Å². The van der Waals surface area contributed by atoms with E-state index in [0.29, 0.717) is 19.7 Å². The lowest BCUT2D eigenvalue weighted by atomic mass is 10.2. The summed E-state index contributed by atoms with van der Waals surface area (Å²) >= 11 is 0. The molecule has 0 aliphatic carbocycles. The van der Waals surface area contributed by atoms with E-state index in [1.807, 2.05) is 24.3 Å². The zero-order valence-electron chi connectivity index (χ0n) is 9.66. The molecule has 0 amide bonds. The quantitative estimate of drug-likeness (QED) is 0.584. The predicted octanol–water partition coefficient (Wildman–Crippen LogP) is 1.35. The Labute approximate surface area is 95.6 Å². The van der Waals surface area contributed by atoms with Crippen LogP contribution in [0.3, 0.4) is 0 Å². The second-order valence-electron chi connectivity index (χ2n) is 3.33. The number of carbonyl (C=O) groups is 1. The van der Waals surface area contributed by atoms with E-state index in [0.717, 1.165) is 11.3 Å². The third kappa shape index (κ3) is 4.31. The summed E-state index contributed by atoms with van der Waals surface area (Å²) in [6.07, 6.45) is 0.